The van der Waals surface area contributed by atoms with Crippen LogP contribution in [-0.2, 0) is 28.6 Å². The first-order valence-electron chi connectivity index (χ1n) is 8.51. The zero-order valence-corrected chi connectivity index (χ0v) is 17.9. The molecule has 28 heavy (non-hydrogen) atoms. The van der Waals surface area contributed by atoms with Crippen LogP contribution in [0.3, 0.4) is 0 Å². The highest BCUT2D eigenvalue weighted by Crippen LogP contribution is 2.19. The Hall–Kier alpha value is -1.83. The zero-order valence-electron chi connectivity index (χ0n) is 15.6. The lowest BCUT2D eigenvalue weighted by Gasteiger charge is -2.14. The van der Waals surface area contributed by atoms with Gasteiger partial charge in [-0.1, -0.05) is 29.3 Å². The van der Waals surface area contributed by atoms with Crippen molar-refractivity contribution in [3.8, 4) is 0 Å². The number of sulfone groups is 1. The molecule has 0 aliphatic rings. The summed E-state index contributed by atoms with van der Waals surface area (Å²) in [6.07, 6.45) is 1.83. The number of hydrogen-bond acceptors (Lipinski definition) is 3. The lowest BCUT2D eigenvalue weighted by atomic mass is 10.1. The molecule has 0 radical (unpaired) electrons. The fraction of sp³-hybridized carbons (Fsp3) is 0.316. The summed E-state index contributed by atoms with van der Waals surface area (Å²) in [6.45, 7) is 0.820. The van der Waals surface area contributed by atoms with E-state index >= 15 is 0 Å². The highest BCUT2D eigenvalue weighted by Gasteiger charge is 2.11. The molecule has 152 valence electrons. The number of aliphatic imine (C=N–C) groups is 1. The van der Waals surface area contributed by atoms with Crippen LogP contribution >= 0.6 is 23.2 Å². The molecule has 0 fully saturated rings. The Morgan fingerprint density at radius 3 is 2.36 bits per heavy atom. The van der Waals surface area contributed by atoms with Gasteiger partial charge in [0.2, 0.25) is 0 Å². The number of nitrogens with one attached hydrogen (secondary N) is 2. The van der Waals surface area contributed by atoms with Crippen molar-refractivity contribution in [3.63, 3.8) is 0 Å². The third-order valence-electron chi connectivity index (χ3n) is 3.88. The van der Waals surface area contributed by atoms with E-state index in [2.05, 4.69) is 15.6 Å². The van der Waals surface area contributed by atoms with Gasteiger partial charge < -0.3 is 10.6 Å². The normalized spacial score (nSPS) is 12.1. The van der Waals surface area contributed by atoms with Crippen LogP contribution in [0.5, 0.6) is 0 Å². The molecular formula is C19H22Cl2FN3O2S. The first-order chi connectivity index (χ1) is 13.2. The molecular weight excluding hydrogens is 424 g/mol. The molecule has 0 bridgehead atoms. The second-order valence-corrected chi connectivity index (χ2v) is 9.38. The summed E-state index contributed by atoms with van der Waals surface area (Å²) in [7, 11) is -1.61. The molecule has 0 aliphatic heterocycles. The third kappa shape index (κ3) is 7.66. The number of nitrogens with zero attached hydrogens (tertiary/aromatic N) is 1. The molecule has 0 saturated heterocycles. The van der Waals surface area contributed by atoms with Crippen molar-refractivity contribution in [2.75, 3.05) is 19.8 Å². The Morgan fingerprint density at radius 1 is 1.07 bits per heavy atom. The van der Waals surface area contributed by atoms with Crippen LogP contribution < -0.4 is 10.6 Å². The SMILES string of the molecule is CN=C(NCCc1cc(Cl)cc(Cl)c1)NCc1cc(F)ccc1CS(C)(=O)=O. The minimum atomic E-state index is -3.23. The average molecular weight is 446 g/mol. The van der Waals surface area contributed by atoms with Crippen molar-refractivity contribution in [2.24, 2.45) is 4.99 Å². The van der Waals surface area contributed by atoms with Crippen LogP contribution in [0.1, 0.15) is 16.7 Å². The lowest BCUT2D eigenvalue weighted by Crippen LogP contribution is -2.38. The molecule has 0 aliphatic carbocycles. The van der Waals surface area contributed by atoms with Crippen LogP contribution in [0, 0.1) is 5.82 Å². The van der Waals surface area contributed by atoms with Crippen molar-refractivity contribution < 1.29 is 12.8 Å². The van der Waals surface area contributed by atoms with Crippen molar-refractivity contribution >= 4 is 39.0 Å². The molecule has 2 rings (SSSR count). The molecule has 0 heterocycles. The van der Waals surface area contributed by atoms with Crippen LogP contribution in [0.4, 0.5) is 4.39 Å². The van der Waals surface area contributed by atoms with Gasteiger partial charge in [-0.3, -0.25) is 4.99 Å². The standard InChI is InChI=1S/C19H22Cl2FN3O2S/c1-23-19(24-6-5-13-7-16(20)10-17(21)8-13)25-11-15-9-18(22)4-3-14(15)12-28(2,26)27/h3-4,7-10H,5-6,11-12H2,1-2H3,(H2,23,24,25). The maximum Gasteiger partial charge on any atom is 0.191 e. The molecule has 5 nitrogen and oxygen atoms in total. The van der Waals surface area contributed by atoms with Crippen LogP contribution in [-0.4, -0.2) is 34.2 Å². The van der Waals surface area contributed by atoms with Gasteiger partial charge >= 0.3 is 0 Å². The van der Waals surface area contributed by atoms with Crippen molar-refractivity contribution in [3.05, 3.63) is 69.0 Å². The predicted octanol–water partition coefficient (Wildman–Crippen LogP) is 3.58. The number of rotatable bonds is 7. The molecule has 2 N–H and O–H groups in total. The van der Waals surface area contributed by atoms with Crippen molar-refractivity contribution in [1.82, 2.24) is 10.6 Å². The van der Waals surface area contributed by atoms with Gasteiger partial charge in [0.05, 0.1) is 5.75 Å². The van der Waals surface area contributed by atoms with E-state index in [0.29, 0.717) is 40.1 Å². The summed E-state index contributed by atoms with van der Waals surface area (Å²) in [5.74, 6) is -0.0520. The first kappa shape index (κ1) is 22.5. The van der Waals surface area contributed by atoms with E-state index in [1.165, 1.54) is 18.2 Å². The molecule has 0 amide bonds. The van der Waals surface area contributed by atoms with E-state index in [0.717, 1.165) is 11.8 Å². The lowest BCUT2D eigenvalue weighted by molar-refractivity contribution is 0.599. The van der Waals surface area contributed by atoms with Gasteiger partial charge in [0, 0.05) is 36.4 Å². The van der Waals surface area contributed by atoms with Crippen LogP contribution in [0.25, 0.3) is 0 Å². The Kier molecular flexibility index (Phi) is 8.10. The van der Waals surface area contributed by atoms with E-state index in [9.17, 15) is 12.8 Å². The highest BCUT2D eigenvalue weighted by atomic mass is 35.5. The van der Waals surface area contributed by atoms with E-state index in [-0.39, 0.29) is 12.3 Å². The fourth-order valence-corrected chi connectivity index (χ4v) is 4.08. The maximum absolute atomic E-state index is 13.6. The van der Waals surface area contributed by atoms with Crippen LogP contribution in [0.15, 0.2) is 41.4 Å². The summed E-state index contributed by atoms with van der Waals surface area (Å²) in [5.41, 5.74) is 2.11. The smallest absolute Gasteiger partial charge is 0.191 e. The Morgan fingerprint density at radius 2 is 1.75 bits per heavy atom. The van der Waals surface area contributed by atoms with E-state index in [1.807, 2.05) is 12.1 Å². The average Bonchev–Trinajstić information content (AvgIpc) is 2.58. The number of halogens is 3. The molecule has 2 aromatic rings. The van der Waals surface area contributed by atoms with E-state index < -0.39 is 15.7 Å². The Balaban J connectivity index is 1.96. The third-order valence-corrected chi connectivity index (χ3v) is 5.16. The minimum absolute atomic E-state index is 0.147. The molecule has 0 aromatic heterocycles. The Bertz CT molecular complexity index is 945. The Labute approximate surface area is 174 Å². The molecule has 9 heteroatoms. The van der Waals surface area contributed by atoms with Gasteiger partial charge in [0.1, 0.15) is 5.82 Å². The summed E-state index contributed by atoms with van der Waals surface area (Å²) in [4.78, 5) is 4.13. The van der Waals surface area contributed by atoms with Gasteiger partial charge in [0.25, 0.3) is 0 Å². The predicted molar refractivity (Wildman–Crippen MR) is 113 cm³/mol. The van der Waals surface area contributed by atoms with Gasteiger partial charge in [-0.25, -0.2) is 12.8 Å². The highest BCUT2D eigenvalue weighted by molar-refractivity contribution is 7.89. The molecule has 0 spiro atoms. The summed E-state index contributed by atoms with van der Waals surface area (Å²) >= 11 is 12.0. The maximum atomic E-state index is 13.6. The number of guanidine groups is 1. The van der Waals surface area contributed by atoms with Crippen molar-refractivity contribution in [1.29, 1.82) is 0 Å². The summed E-state index contributed by atoms with van der Waals surface area (Å²) in [6, 6.07) is 9.44. The summed E-state index contributed by atoms with van der Waals surface area (Å²) in [5, 5.41) is 7.38. The van der Waals surface area contributed by atoms with Gasteiger partial charge in [-0.05, 0) is 53.4 Å². The van der Waals surface area contributed by atoms with E-state index in [1.54, 1.807) is 13.1 Å². The van der Waals surface area contributed by atoms with Gasteiger partial charge in [0.15, 0.2) is 15.8 Å². The molecule has 0 atom stereocenters. The summed E-state index contributed by atoms with van der Waals surface area (Å²) < 4.78 is 36.8. The van der Waals surface area contributed by atoms with Crippen molar-refractivity contribution in [2.45, 2.75) is 18.7 Å². The molecule has 0 saturated carbocycles. The fourth-order valence-electron chi connectivity index (χ4n) is 2.66. The molecule has 2 aromatic carbocycles. The van der Waals surface area contributed by atoms with Gasteiger partial charge in [-0.15, -0.1) is 0 Å². The second kappa shape index (κ2) is 10.1. The number of hydrogen-bond donors (Lipinski definition) is 2. The van der Waals surface area contributed by atoms with Gasteiger partial charge in [-0.2, -0.15) is 0 Å². The monoisotopic (exact) mass is 445 g/mol. The first-order valence-corrected chi connectivity index (χ1v) is 11.3. The largest absolute Gasteiger partial charge is 0.356 e. The van der Waals surface area contributed by atoms with Crippen LogP contribution in [0.2, 0.25) is 10.0 Å². The van der Waals surface area contributed by atoms with E-state index in [4.69, 9.17) is 23.2 Å². The second-order valence-electron chi connectivity index (χ2n) is 6.36. The zero-order chi connectivity index (χ0) is 20.7. The number of benzene rings is 2. The topological polar surface area (TPSA) is 70.6 Å². The molecule has 0 unspecified atom stereocenters. The minimum Gasteiger partial charge on any atom is -0.356 e. The quantitative estimate of drug-likeness (QED) is 0.504.